The summed E-state index contributed by atoms with van der Waals surface area (Å²) >= 11 is 6.39. The lowest BCUT2D eigenvalue weighted by Gasteiger charge is -2.30. The van der Waals surface area contributed by atoms with Crippen LogP contribution in [0.5, 0.6) is 0 Å². The molecule has 4 aromatic rings. The van der Waals surface area contributed by atoms with Gasteiger partial charge >= 0.3 is 5.76 Å². The summed E-state index contributed by atoms with van der Waals surface area (Å²) in [5.74, 6) is 1.72. The largest absolute Gasteiger partial charge is 0.439 e. The maximum atomic E-state index is 11.8. The lowest BCUT2D eigenvalue weighted by molar-refractivity contribution is 0.111. The van der Waals surface area contributed by atoms with Crippen molar-refractivity contribution in [3.8, 4) is 22.8 Å². The van der Waals surface area contributed by atoms with Gasteiger partial charge in [-0.25, -0.2) is 14.8 Å². The number of nitrogens with one attached hydrogen (secondary N) is 1. The molecule has 0 amide bonds. The molecular weight excluding hydrogens is 534 g/mol. The number of methoxy groups -OCH3 is 2. The Labute approximate surface area is 236 Å². The molecular formula is C28H34ClN7O4. The molecule has 1 N–H and O–H groups in total. The van der Waals surface area contributed by atoms with Crippen LogP contribution in [0.4, 0.5) is 5.95 Å². The van der Waals surface area contributed by atoms with Crippen molar-refractivity contribution in [2.75, 3.05) is 32.3 Å². The van der Waals surface area contributed by atoms with E-state index in [9.17, 15) is 4.79 Å². The fourth-order valence-corrected chi connectivity index (χ4v) is 6.32. The van der Waals surface area contributed by atoms with Crippen molar-refractivity contribution < 1.29 is 14.0 Å². The Kier molecular flexibility index (Phi) is 7.61. The summed E-state index contributed by atoms with van der Waals surface area (Å²) < 4.78 is 18.5. The van der Waals surface area contributed by atoms with Gasteiger partial charge in [0.2, 0.25) is 11.8 Å². The van der Waals surface area contributed by atoms with Crippen LogP contribution in [0.3, 0.4) is 0 Å². The number of aromatic amines is 1. The average molecular weight is 568 g/mol. The standard InChI is InChI=1S/C28H34ClN7O4/c1-16-4-6-17(7-5-16)13-36-25-22(32-27(36)35-14-21(39-3)9-20(35)15-38-2)10-23(26-33-28(37)40-34-26)31-24(25)18-8-19(29)12-30-11-18/h8,10-12,16-17,20-21H,4-7,9,13-15H2,1-3H3,(H,33,34,37)/t16-,17-,20-,21+/m0/s1. The quantitative estimate of drug-likeness (QED) is 0.326. The summed E-state index contributed by atoms with van der Waals surface area (Å²) in [6, 6.07) is 3.81. The minimum absolute atomic E-state index is 0.0782. The molecule has 1 saturated heterocycles. The predicted octanol–water partition coefficient (Wildman–Crippen LogP) is 4.56. The van der Waals surface area contributed by atoms with Crippen molar-refractivity contribution in [1.82, 2.24) is 29.7 Å². The molecule has 40 heavy (non-hydrogen) atoms. The van der Waals surface area contributed by atoms with Crippen molar-refractivity contribution in [2.24, 2.45) is 11.8 Å². The molecule has 5 heterocycles. The Bertz CT molecular complexity index is 1540. The fourth-order valence-electron chi connectivity index (χ4n) is 6.15. The Morgan fingerprint density at radius 1 is 1.15 bits per heavy atom. The monoisotopic (exact) mass is 567 g/mol. The van der Waals surface area contributed by atoms with Gasteiger partial charge in [-0.05, 0) is 43.2 Å². The fraction of sp³-hybridized carbons (Fsp3) is 0.536. The van der Waals surface area contributed by atoms with Gasteiger partial charge in [-0.15, -0.1) is 0 Å². The number of ether oxygens (including phenoxy) is 2. The van der Waals surface area contributed by atoms with Crippen LogP contribution >= 0.6 is 11.6 Å². The van der Waals surface area contributed by atoms with Crippen LogP contribution in [-0.2, 0) is 16.0 Å². The zero-order valence-electron chi connectivity index (χ0n) is 23.0. The third kappa shape index (κ3) is 5.25. The van der Waals surface area contributed by atoms with Crippen molar-refractivity contribution in [2.45, 2.75) is 57.7 Å². The van der Waals surface area contributed by atoms with Crippen LogP contribution in [0.15, 0.2) is 33.8 Å². The first-order chi connectivity index (χ1) is 19.4. The number of aromatic nitrogens is 6. The van der Waals surface area contributed by atoms with Crippen LogP contribution in [0.1, 0.15) is 39.0 Å². The minimum atomic E-state index is -0.648. The molecule has 0 unspecified atom stereocenters. The Hall–Kier alpha value is -3.28. The van der Waals surface area contributed by atoms with E-state index in [4.69, 9.17) is 35.6 Å². The highest BCUT2D eigenvalue weighted by atomic mass is 35.5. The molecule has 1 saturated carbocycles. The first-order valence-electron chi connectivity index (χ1n) is 13.8. The zero-order valence-corrected chi connectivity index (χ0v) is 23.7. The predicted molar refractivity (Wildman–Crippen MR) is 151 cm³/mol. The second-order valence-electron chi connectivity index (χ2n) is 11.1. The van der Waals surface area contributed by atoms with E-state index in [1.807, 2.05) is 12.1 Å². The minimum Gasteiger partial charge on any atom is -0.383 e. The summed E-state index contributed by atoms with van der Waals surface area (Å²) in [7, 11) is 3.48. The number of nitrogens with zero attached hydrogens (tertiary/aromatic N) is 6. The van der Waals surface area contributed by atoms with E-state index in [1.165, 1.54) is 25.7 Å². The molecule has 1 aliphatic heterocycles. The van der Waals surface area contributed by atoms with Crippen molar-refractivity contribution >= 4 is 28.6 Å². The van der Waals surface area contributed by atoms with Gasteiger partial charge in [-0.3, -0.25) is 14.5 Å². The number of anilines is 1. The molecule has 2 atom stereocenters. The Balaban J connectivity index is 1.57. The van der Waals surface area contributed by atoms with Crippen LogP contribution < -0.4 is 10.7 Å². The molecule has 2 aliphatic rings. The number of hydrogen-bond acceptors (Lipinski definition) is 9. The lowest BCUT2D eigenvalue weighted by atomic mass is 9.83. The number of halogens is 1. The van der Waals surface area contributed by atoms with E-state index in [2.05, 4.69) is 31.5 Å². The normalized spacial score (nSPS) is 23.4. The highest BCUT2D eigenvalue weighted by Crippen LogP contribution is 2.38. The van der Waals surface area contributed by atoms with Crippen LogP contribution in [-0.4, -0.2) is 69.2 Å². The maximum absolute atomic E-state index is 11.8. The number of fused-ring (bicyclic) bond motifs is 1. The first kappa shape index (κ1) is 26.9. The van der Waals surface area contributed by atoms with E-state index in [1.54, 1.807) is 26.6 Å². The molecule has 0 aromatic carbocycles. The Morgan fingerprint density at radius 3 is 2.67 bits per heavy atom. The molecule has 11 nitrogen and oxygen atoms in total. The van der Waals surface area contributed by atoms with Gasteiger partial charge in [-0.2, -0.15) is 0 Å². The van der Waals surface area contributed by atoms with E-state index in [-0.39, 0.29) is 18.0 Å². The molecule has 212 valence electrons. The SMILES string of the molecule is COC[C@@H]1C[C@@H](OC)CN1c1nc2cc(-c3noc(=O)[nH]3)nc(-c3cncc(Cl)c3)c2n1C[C@H]1CC[C@H](C)CC1. The number of imidazole rings is 1. The second kappa shape index (κ2) is 11.3. The van der Waals surface area contributed by atoms with Gasteiger partial charge in [0.1, 0.15) is 5.69 Å². The average Bonchev–Trinajstić information content (AvgIpc) is 3.66. The molecule has 4 aromatic heterocycles. The van der Waals surface area contributed by atoms with Crippen LogP contribution in [0, 0.1) is 11.8 Å². The smallest absolute Gasteiger partial charge is 0.383 e. The molecule has 0 bridgehead atoms. The van der Waals surface area contributed by atoms with Crippen LogP contribution in [0.25, 0.3) is 33.8 Å². The highest BCUT2D eigenvalue weighted by Gasteiger charge is 2.36. The molecule has 6 rings (SSSR count). The van der Waals surface area contributed by atoms with Gasteiger partial charge in [0.05, 0.1) is 40.5 Å². The van der Waals surface area contributed by atoms with Gasteiger partial charge in [0, 0.05) is 45.3 Å². The van der Waals surface area contributed by atoms with Crippen LogP contribution in [0.2, 0.25) is 5.02 Å². The summed E-state index contributed by atoms with van der Waals surface area (Å²) in [6.07, 6.45) is 9.05. The van der Waals surface area contributed by atoms with Gasteiger partial charge in [0.15, 0.2) is 0 Å². The number of rotatable bonds is 8. The number of hydrogen-bond donors (Lipinski definition) is 1. The molecule has 0 spiro atoms. The molecule has 1 aliphatic carbocycles. The maximum Gasteiger partial charge on any atom is 0.439 e. The molecule has 12 heteroatoms. The summed E-state index contributed by atoms with van der Waals surface area (Å²) in [5, 5.41) is 4.39. The second-order valence-corrected chi connectivity index (χ2v) is 11.5. The zero-order chi connectivity index (χ0) is 27.8. The first-order valence-corrected chi connectivity index (χ1v) is 14.2. The topological polar surface area (TPSA) is 124 Å². The summed E-state index contributed by atoms with van der Waals surface area (Å²) in [5.41, 5.74) is 3.49. The van der Waals surface area contributed by atoms with Crippen molar-refractivity contribution in [1.29, 1.82) is 0 Å². The number of pyridine rings is 2. The lowest BCUT2D eigenvalue weighted by Crippen LogP contribution is -2.35. The van der Waals surface area contributed by atoms with Gasteiger partial charge < -0.3 is 18.9 Å². The van der Waals surface area contributed by atoms with E-state index >= 15 is 0 Å². The summed E-state index contributed by atoms with van der Waals surface area (Å²) in [4.78, 5) is 31.2. The summed E-state index contributed by atoms with van der Waals surface area (Å²) in [6.45, 7) is 4.43. The van der Waals surface area contributed by atoms with E-state index < -0.39 is 5.76 Å². The third-order valence-corrected chi connectivity index (χ3v) is 8.47. The van der Waals surface area contributed by atoms with E-state index in [0.717, 1.165) is 41.4 Å². The van der Waals surface area contributed by atoms with Gasteiger partial charge in [-0.1, -0.05) is 36.5 Å². The van der Waals surface area contributed by atoms with E-state index in [0.29, 0.717) is 35.5 Å². The third-order valence-electron chi connectivity index (χ3n) is 8.27. The number of H-pyrrole nitrogens is 1. The van der Waals surface area contributed by atoms with Gasteiger partial charge in [0.25, 0.3) is 0 Å². The molecule has 0 radical (unpaired) electrons. The van der Waals surface area contributed by atoms with Crippen molar-refractivity contribution in [3.63, 3.8) is 0 Å². The molecule has 2 fully saturated rings. The highest BCUT2D eigenvalue weighted by molar-refractivity contribution is 6.30. The Morgan fingerprint density at radius 2 is 1.98 bits per heavy atom. The van der Waals surface area contributed by atoms with Crippen molar-refractivity contribution in [3.05, 3.63) is 40.1 Å².